The maximum Gasteiger partial charge on any atom is 0.271 e. The maximum absolute atomic E-state index is 13.0. The van der Waals surface area contributed by atoms with Crippen LogP contribution < -0.4 is 5.56 Å². The highest BCUT2D eigenvalue weighted by molar-refractivity contribution is 9.10. The van der Waals surface area contributed by atoms with Crippen molar-refractivity contribution in [2.24, 2.45) is 0 Å². The third-order valence-corrected chi connectivity index (χ3v) is 5.95. The van der Waals surface area contributed by atoms with Crippen molar-refractivity contribution in [2.75, 3.05) is 0 Å². The van der Waals surface area contributed by atoms with Crippen molar-refractivity contribution in [3.63, 3.8) is 0 Å². The molecule has 2 unspecified atom stereocenters. The number of hydrogen-bond donors (Lipinski definition) is 0. The number of amides is 1. The van der Waals surface area contributed by atoms with Crippen molar-refractivity contribution in [3.8, 4) is 0 Å². The average Bonchev–Trinajstić information content (AvgIpc) is 2.94. The summed E-state index contributed by atoms with van der Waals surface area (Å²) in [5.74, 6) is -0.00674. The first-order valence-corrected chi connectivity index (χ1v) is 9.52. The highest BCUT2D eigenvalue weighted by atomic mass is 79.9. The lowest BCUT2D eigenvalue weighted by atomic mass is 10.00. The summed E-state index contributed by atoms with van der Waals surface area (Å²) in [6.07, 6.45) is 2.83. The highest BCUT2D eigenvalue weighted by Gasteiger charge is 2.41. The lowest BCUT2D eigenvalue weighted by Crippen LogP contribution is -2.51. The summed E-state index contributed by atoms with van der Waals surface area (Å²) in [5.41, 5.74) is 4.21. The van der Waals surface area contributed by atoms with Crippen LogP contribution in [-0.4, -0.2) is 27.5 Å². The summed E-state index contributed by atoms with van der Waals surface area (Å²) < 4.78 is 2.15. The van der Waals surface area contributed by atoms with Gasteiger partial charge in [0, 0.05) is 12.6 Å². The van der Waals surface area contributed by atoms with E-state index in [2.05, 4.69) is 48.0 Å². The van der Waals surface area contributed by atoms with Gasteiger partial charge < -0.3 is 9.47 Å². The molecule has 0 radical (unpaired) electrons. The smallest absolute Gasteiger partial charge is 0.271 e. The predicted octanol–water partition coefficient (Wildman–Crippen LogP) is 3.46. The van der Waals surface area contributed by atoms with Crippen LogP contribution in [0.1, 0.15) is 40.0 Å². The Kier molecular flexibility index (Phi) is 4.07. The van der Waals surface area contributed by atoms with Crippen molar-refractivity contribution >= 4 is 21.8 Å². The second-order valence-corrected chi connectivity index (χ2v) is 8.13. The summed E-state index contributed by atoms with van der Waals surface area (Å²) in [6.45, 7) is 4.82. The lowest BCUT2D eigenvalue weighted by Gasteiger charge is -2.36. The summed E-state index contributed by atoms with van der Waals surface area (Å²) >= 11 is 3.28. The third-order valence-electron chi connectivity index (χ3n) is 5.35. The normalized spacial score (nSPS) is 22.0. The van der Waals surface area contributed by atoms with Crippen LogP contribution in [0.2, 0.25) is 0 Å². The predicted molar refractivity (Wildman–Crippen MR) is 101 cm³/mol. The Bertz CT molecular complexity index is 898. The van der Waals surface area contributed by atoms with Gasteiger partial charge in [0.05, 0.1) is 10.5 Å². The molecule has 2 aliphatic heterocycles. The first-order chi connectivity index (χ1) is 11.9. The molecule has 0 bridgehead atoms. The largest absolute Gasteiger partial charge is 0.329 e. The number of aryl methyl sites for hydroxylation is 2. The molecule has 2 aliphatic rings. The van der Waals surface area contributed by atoms with E-state index in [9.17, 15) is 9.59 Å². The van der Waals surface area contributed by atoms with Gasteiger partial charge in [-0.2, -0.15) is 0 Å². The average molecular weight is 401 g/mol. The van der Waals surface area contributed by atoms with Crippen LogP contribution in [0.3, 0.4) is 0 Å². The molecule has 5 heteroatoms. The minimum atomic E-state index is -0.108. The number of nitrogens with zero attached hydrogens (tertiary/aromatic N) is 2. The standard InChI is InChI=1S/C20H21BrN2O2/c1-12-7-13(2)9-14(8-12)10-15-3-4-16-11-22-18(20(25)23(15)16)6-5-17(21)19(22)24/h5-9,15-16H,3-4,10-11H2,1-2H3. The number of halogens is 1. The van der Waals surface area contributed by atoms with Crippen LogP contribution in [0.4, 0.5) is 0 Å². The first kappa shape index (κ1) is 16.6. The van der Waals surface area contributed by atoms with Gasteiger partial charge in [0.15, 0.2) is 0 Å². The SMILES string of the molecule is Cc1cc(C)cc(CC2CCC3Cn4c(ccc(Br)c4=O)C(=O)N23)c1. The van der Waals surface area contributed by atoms with Crippen LogP contribution in [0.5, 0.6) is 0 Å². The molecule has 4 rings (SSSR count). The molecule has 1 aromatic carbocycles. The molecule has 1 fully saturated rings. The molecule has 4 nitrogen and oxygen atoms in total. The minimum absolute atomic E-state index is 0.00674. The van der Waals surface area contributed by atoms with Gasteiger partial charge in [-0.25, -0.2) is 0 Å². The van der Waals surface area contributed by atoms with E-state index in [1.807, 2.05) is 4.90 Å². The van der Waals surface area contributed by atoms with Crippen LogP contribution in [0.25, 0.3) is 0 Å². The molecule has 0 aliphatic carbocycles. The molecule has 1 saturated heterocycles. The summed E-state index contributed by atoms with van der Waals surface area (Å²) in [4.78, 5) is 27.4. The summed E-state index contributed by atoms with van der Waals surface area (Å²) in [6, 6.07) is 10.4. The molecule has 3 heterocycles. The molecule has 1 amide bonds. The number of benzene rings is 1. The Hall–Kier alpha value is -1.88. The number of rotatable bonds is 2. The summed E-state index contributed by atoms with van der Waals surface area (Å²) in [5, 5.41) is 0. The molecular weight excluding hydrogens is 380 g/mol. The Labute approximate surface area is 155 Å². The minimum Gasteiger partial charge on any atom is -0.329 e. The molecule has 1 aromatic heterocycles. The van der Waals surface area contributed by atoms with Gasteiger partial charge >= 0.3 is 0 Å². The van der Waals surface area contributed by atoms with Crippen molar-refractivity contribution < 1.29 is 4.79 Å². The number of carbonyl (C=O) groups is 1. The maximum atomic E-state index is 13.0. The van der Waals surface area contributed by atoms with E-state index in [4.69, 9.17) is 0 Å². The van der Waals surface area contributed by atoms with Gasteiger partial charge in [0.2, 0.25) is 0 Å². The van der Waals surface area contributed by atoms with E-state index in [-0.39, 0.29) is 23.6 Å². The molecule has 0 saturated carbocycles. The Morgan fingerprint density at radius 1 is 1.08 bits per heavy atom. The van der Waals surface area contributed by atoms with Crippen molar-refractivity contribution in [3.05, 3.63) is 67.5 Å². The molecule has 2 aromatic rings. The van der Waals surface area contributed by atoms with Crippen molar-refractivity contribution in [1.82, 2.24) is 9.47 Å². The van der Waals surface area contributed by atoms with Crippen molar-refractivity contribution in [1.29, 1.82) is 0 Å². The zero-order chi connectivity index (χ0) is 17.7. The fraction of sp³-hybridized carbons (Fsp3) is 0.400. The van der Waals surface area contributed by atoms with E-state index in [0.29, 0.717) is 16.7 Å². The molecule has 0 N–H and O–H groups in total. The van der Waals surface area contributed by atoms with Gasteiger partial charge in [0.1, 0.15) is 5.69 Å². The number of fused-ring (bicyclic) bond motifs is 2. The van der Waals surface area contributed by atoms with E-state index >= 15 is 0 Å². The van der Waals surface area contributed by atoms with Crippen LogP contribution in [-0.2, 0) is 13.0 Å². The van der Waals surface area contributed by atoms with E-state index in [0.717, 1.165) is 19.3 Å². The third kappa shape index (κ3) is 2.84. The topological polar surface area (TPSA) is 42.3 Å². The second-order valence-electron chi connectivity index (χ2n) is 7.28. The number of pyridine rings is 1. The van der Waals surface area contributed by atoms with Gasteiger partial charge in [-0.15, -0.1) is 0 Å². The van der Waals surface area contributed by atoms with Crippen LogP contribution >= 0.6 is 15.9 Å². The fourth-order valence-electron chi connectivity index (χ4n) is 4.39. The highest BCUT2D eigenvalue weighted by Crippen LogP contribution is 2.32. The number of hydrogen-bond acceptors (Lipinski definition) is 2. The Morgan fingerprint density at radius 3 is 2.52 bits per heavy atom. The Morgan fingerprint density at radius 2 is 1.80 bits per heavy atom. The zero-order valence-electron chi connectivity index (χ0n) is 14.5. The van der Waals surface area contributed by atoms with E-state index < -0.39 is 0 Å². The van der Waals surface area contributed by atoms with E-state index in [1.54, 1.807) is 16.7 Å². The van der Waals surface area contributed by atoms with Crippen LogP contribution in [0.15, 0.2) is 39.6 Å². The van der Waals surface area contributed by atoms with Gasteiger partial charge in [-0.05, 0) is 66.7 Å². The van der Waals surface area contributed by atoms with Gasteiger partial charge in [0.25, 0.3) is 11.5 Å². The first-order valence-electron chi connectivity index (χ1n) is 8.73. The molecule has 130 valence electrons. The van der Waals surface area contributed by atoms with Gasteiger partial charge in [-0.1, -0.05) is 29.3 Å². The molecule has 0 spiro atoms. The lowest BCUT2D eigenvalue weighted by molar-refractivity contribution is 0.0584. The molecule has 2 atom stereocenters. The van der Waals surface area contributed by atoms with E-state index in [1.165, 1.54) is 16.7 Å². The molecule has 25 heavy (non-hydrogen) atoms. The number of aromatic nitrogens is 1. The van der Waals surface area contributed by atoms with Gasteiger partial charge in [-0.3, -0.25) is 9.59 Å². The summed E-state index contributed by atoms with van der Waals surface area (Å²) in [7, 11) is 0. The second kappa shape index (κ2) is 6.13. The van der Waals surface area contributed by atoms with Crippen molar-refractivity contribution in [2.45, 2.75) is 51.7 Å². The fourth-order valence-corrected chi connectivity index (χ4v) is 4.74. The quantitative estimate of drug-likeness (QED) is 0.774. The number of carbonyl (C=O) groups excluding carboxylic acids is 1. The molecular formula is C20H21BrN2O2. The zero-order valence-corrected chi connectivity index (χ0v) is 16.0. The monoisotopic (exact) mass is 400 g/mol. The Balaban J connectivity index is 1.65. The van der Waals surface area contributed by atoms with Crippen LogP contribution in [0, 0.1) is 13.8 Å².